The molecule has 0 amide bonds. The Labute approximate surface area is 407 Å². The molecule has 0 fully saturated rings. The molecule has 0 saturated heterocycles. The molecule has 0 N–H and O–H groups in total. The van der Waals surface area contributed by atoms with Crippen molar-refractivity contribution in [3.05, 3.63) is 260 Å². The van der Waals surface area contributed by atoms with Crippen LogP contribution < -0.4 is 9.80 Å². The first-order valence-corrected chi connectivity index (χ1v) is 24.3. The summed E-state index contributed by atoms with van der Waals surface area (Å²) in [6, 6.07) is 91.5. The molecule has 3 heteroatoms. The summed E-state index contributed by atoms with van der Waals surface area (Å²) in [5.74, 6) is 0. The second-order valence-corrected chi connectivity index (χ2v) is 19.3. The summed E-state index contributed by atoms with van der Waals surface area (Å²) in [5, 5.41) is 10.4. The molecule has 14 rings (SSSR count). The quantitative estimate of drug-likeness (QED) is 0.141. The largest absolute Gasteiger partial charge is 0.311 e. The molecule has 1 aliphatic carbocycles. The van der Waals surface area contributed by atoms with Crippen molar-refractivity contribution < 1.29 is 0 Å². The molecular formula is C67H47N3. The molecule has 12 aromatic carbocycles. The van der Waals surface area contributed by atoms with Crippen molar-refractivity contribution in [3.8, 4) is 27.9 Å². The minimum absolute atomic E-state index is 0.133. The van der Waals surface area contributed by atoms with E-state index < -0.39 is 0 Å². The SMILES string of the molecule is CC1(C)c2ccccc2-c2ccc(N(c3ccc(-c4ccc5c6c7ccc8cccc9ccc(cc6n(-c6ccccc6)c5c4)c7c98)cc3)c3ccc(N(c4ccccc4)c4ccccc4)cc3)cc21. The number of rotatable bonds is 8. The number of anilines is 6. The average molecular weight is 894 g/mol. The summed E-state index contributed by atoms with van der Waals surface area (Å²) in [4.78, 5) is 4.73. The van der Waals surface area contributed by atoms with E-state index in [1.165, 1.54) is 87.5 Å². The molecule has 0 atom stereocenters. The molecule has 0 bridgehead atoms. The summed E-state index contributed by atoms with van der Waals surface area (Å²) in [5.41, 5.74) is 17.8. The van der Waals surface area contributed by atoms with Gasteiger partial charge in [0.25, 0.3) is 0 Å². The van der Waals surface area contributed by atoms with E-state index in [1.54, 1.807) is 0 Å². The molecule has 0 unspecified atom stereocenters. The fraction of sp³-hybridized carbons (Fsp3) is 0.0448. The van der Waals surface area contributed by atoms with E-state index in [2.05, 4.69) is 277 Å². The Kier molecular flexibility index (Phi) is 8.93. The summed E-state index contributed by atoms with van der Waals surface area (Å²) in [6.07, 6.45) is 0. The molecule has 13 aromatic rings. The van der Waals surface area contributed by atoms with Gasteiger partial charge in [0.1, 0.15) is 0 Å². The second-order valence-electron chi connectivity index (χ2n) is 19.3. The molecule has 0 aliphatic heterocycles. The number of fused-ring (bicyclic) bond motifs is 7. The van der Waals surface area contributed by atoms with Gasteiger partial charge in [0.05, 0.1) is 11.0 Å². The van der Waals surface area contributed by atoms with E-state index in [0.717, 1.165) is 39.8 Å². The highest BCUT2D eigenvalue weighted by Gasteiger charge is 2.36. The van der Waals surface area contributed by atoms with Crippen LogP contribution in [-0.4, -0.2) is 4.57 Å². The Morgan fingerprint density at radius 3 is 1.51 bits per heavy atom. The van der Waals surface area contributed by atoms with Crippen molar-refractivity contribution in [3.63, 3.8) is 0 Å². The van der Waals surface area contributed by atoms with Gasteiger partial charge in [0.15, 0.2) is 0 Å². The molecule has 1 aliphatic rings. The van der Waals surface area contributed by atoms with Crippen LogP contribution >= 0.6 is 0 Å². The smallest absolute Gasteiger partial charge is 0.0553 e. The lowest BCUT2D eigenvalue weighted by atomic mass is 9.82. The van der Waals surface area contributed by atoms with Gasteiger partial charge in [-0.25, -0.2) is 0 Å². The van der Waals surface area contributed by atoms with E-state index in [4.69, 9.17) is 0 Å². The molecule has 3 nitrogen and oxygen atoms in total. The number of benzene rings is 12. The van der Waals surface area contributed by atoms with E-state index >= 15 is 0 Å². The van der Waals surface area contributed by atoms with E-state index in [9.17, 15) is 0 Å². The molecule has 0 radical (unpaired) electrons. The van der Waals surface area contributed by atoms with E-state index in [0.29, 0.717) is 0 Å². The van der Waals surface area contributed by atoms with Crippen LogP contribution in [0.1, 0.15) is 25.0 Å². The molecular weight excluding hydrogens is 847 g/mol. The van der Waals surface area contributed by atoms with Crippen molar-refractivity contribution in [2.45, 2.75) is 19.3 Å². The number of nitrogens with zero attached hydrogens (tertiary/aromatic N) is 3. The van der Waals surface area contributed by atoms with Gasteiger partial charge < -0.3 is 14.4 Å². The van der Waals surface area contributed by atoms with Gasteiger partial charge in [-0.05, 0) is 163 Å². The lowest BCUT2D eigenvalue weighted by Gasteiger charge is -2.29. The summed E-state index contributed by atoms with van der Waals surface area (Å²) >= 11 is 0. The first kappa shape index (κ1) is 40.2. The molecule has 0 spiro atoms. The van der Waals surface area contributed by atoms with Crippen LogP contribution in [0.15, 0.2) is 249 Å². The summed E-state index contributed by atoms with van der Waals surface area (Å²) in [6.45, 7) is 4.72. The fourth-order valence-corrected chi connectivity index (χ4v) is 11.8. The van der Waals surface area contributed by atoms with Crippen LogP contribution in [0.5, 0.6) is 0 Å². The van der Waals surface area contributed by atoms with E-state index in [-0.39, 0.29) is 5.41 Å². The molecule has 70 heavy (non-hydrogen) atoms. The Hall–Kier alpha value is -8.92. The lowest BCUT2D eigenvalue weighted by Crippen LogP contribution is -2.16. The predicted octanol–water partition coefficient (Wildman–Crippen LogP) is 18.6. The van der Waals surface area contributed by atoms with Crippen molar-refractivity contribution in [1.29, 1.82) is 0 Å². The molecule has 1 heterocycles. The average Bonchev–Trinajstić information content (AvgIpc) is 3.86. The fourth-order valence-electron chi connectivity index (χ4n) is 11.8. The highest BCUT2D eigenvalue weighted by atomic mass is 15.2. The highest BCUT2D eigenvalue weighted by molar-refractivity contribution is 6.33. The predicted molar refractivity (Wildman–Crippen MR) is 297 cm³/mol. The normalized spacial score (nSPS) is 12.8. The van der Waals surface area contributed by atoms with Crippen LogP contribution in [0.2, 0.25) is 0 Å². The number of aromatic nitrogens is 1. The van der Waals surface area contributed by atoms with Crippen molar-refractivity contribution in [2.75, 3.05) is 9.80 Å². The van der Waals surface area contributed by atoms with Crippen molar-refractivity contribution >= 4 is 88.2 Å². The summed E-state index contributed by atoms with van der Waals surface area (Å²) in [7, 11) is 0. The summed E-state index contributed by atoms with van der Waals surface area (Å²) < 4.78 is 2.47. The van der Waals surface area contributed by atoms with Gasteiger partial charge in [-0.15, -0.1) is 0 Å². The first-order valence-electron chi connectivity index (χ1n) is 24.3. The minimum Gasteiger partial charge on any atom is -0.311 e. The molecule has 0 saturated carbocycles. The van der Waals surface area contributed by atoms with Crippen LogP contribution in [0.4, 0.5) is 34.1 Å². The van der Waals surface area contributed by atoms with Gasteiger partial charge >= 0.3 is 0 Å². The minimum atomic E-state index is -0.133. The third-order valence-corrected chi connectivity index (χ3v) is 15.1. The Morgan fingerprint density at radius 2 is 0.829 bits per heavy atom. The Bertz CT molecular complexity index is 4060. The second kappa shape index (κ2) is 15.6. The van der Waals surface area contributed by atoms with E-state index in [1.807, 2.05) is 0 Å². The van der Waals surface area contributed by atoms with Gasteiger partial charge in [-0.2, -0.15) is 0 Å². The van der Waals surface area contributed by atoms with Crippen LogP contribution in [0.25, 0.3) is 82.1 Å². The lowest BCUT2D eigenvalue weighted by molar-refractivity contribution is 0.660. The van der Waals surface area contributed by atoms with Crippen LogP contribution in [-0.2, 0) is 5.41 Å². The van der Waals surface area contributed by atoms with Crippen LogP contribution in [0.3, 0.4) is 0 Å². The maximum atomic E-state index is 2.47. The zero-order chi connectivity index (χ0) is 46.5. The third kappa shape index (κ3) is 6.15. The molecule has 1 aromatic heterocycles. The monoisotopic (exact) mass is 893 g/mol. The number of hydrogen-bond acceptors (Lipinski definition) is 2. The van der Waals surface area contributed by atoms with Gasteiger partial charge in [0.2, 0.25) is 0 Å². The molecule has 330 valence electrons. The topological polar surface area (TPSA) is 11.4 Å². The Balaban J connectivity index is 0.906. The third-order valence-electron chi connectivity index (χ3n) is 15.1. The highest BCUT2D eigenvalue weighted by Crippen LogP contribution is 2.51. The van der Waals surface area contributed by atoms with Crippen molar-refractivity contribution in [2.24, 2.45) is 0 Å². The zero-order valence-electron chi connectivity index (χ0n) is 39.0. The maximum absolute atomic E-state index is 2.47. The van der Waals surface area contributed by atoms with Gasteiger partial charge in [-0.1, -0.05) is 166 Å². The number of hydrogen-bond donors (Lipinski definition) is 0. The maximum Gasteiger partial charge on any atom is 0.0553 e. The zero-order valence-corrected chi connectivity index (χ0v) is 39.0. The van der Waals surface area contributed by atoms with Gasteiger partial charge in [-0.3, -0.25) is 0 Å². The number of para-hydroxylation sites is 3. The van der Waals surface area contributed by atoms with Crippen molar-refractivity contribution in [1.82, 2.24) is 4.57 Å². The Morgan fingerprint density at radius 1 is 0.314 bits per heavy atom. The first-order chi connectivity index (χ1) is 34.5. The van der Waals surface area contributed by atoms with Gasteiger partial charge in [0, 0.05) is 56.0 Å². The standard InChI is InChI=1S/C67H47N3/c1-67(2)60-24-13-12-23-56(60)57-40-37-55(43-61(57)67)69(54-35-33-53(34-36-54)68(49-17-6-3-7-18-49)50-19-8-4-9-20-50)52-31-27-44(28-32-52)47-30-38-58-62(41-47)70(51-21-10-5-11-22-51)63-42-48-26-25-45-15-14-16-46-29-39-59(66(58)63)65(48)64(45)46/h3-43H,1-2H3. The van der Waals surface area contributed by atoms with Crippen LogP contribution in [0, 0.1) is 0 Å².